The number of aryl methyl sites for hydroxylation is 1. The van der Waals surface area contributed by atoms with Crippen molar-refractivity contribution in [1.82, 2.24) is 18.7 Å². The molecule has 0 unspecified atom stereocenters. The van der Waals surface area contributed by atoms with Gasteiger partial charge in [0.2, 0.25) is 5.95 Å². The molecule has 2 aromatic heterocycles. The standard InChI is InChI=1S/C19H25N5O4/c1-22-16-15(17(26)23(2)19(22)27)24(18(21-16)20-10-7-11-28-3)12-14(25)13-8-5-4-6-9-13/h4-6,8-9,14,25H,7,10-12H2,1-3H3,(H,20,21)/t14-/m1/s1. The molecule has 150 valence electrons. The molecule has 0 saturated carbocycles. The van der Waals surface area contributed by atoms with Gasteiger partial charge in [0.1, 0.15) is 0 Å². The molecule has 2 heterocycles. The van der Waals surface area contributed by atoms with E-state index in [4.69, 9.17) is 4.74 Å². The van der Waals surface area contributed by atoms with Crippen LogP contribution in [0.1, 0.15) is 18.1 Å². The number of fused-ring (bicyclic) bond motifs is 1. The van der Waals surface area contributed by atoms with Gasteiger partial charge in [0, 0.05) is 34.4 Å². The van der Waals surface area contributed by atoms with Crippen molar-refractivity contribution in [3.8, 4) is 0 Å². The van der Waals surface area contributed by atoms with Gasteiger partial charge in [-0.2, -0.15) is 4.98 Å². The van der Waals surface area contributed by atoms with Crippen LogP contribution in [-0.4, -0.2) is 44.1 Å². The van der Waals surface area contributed by atoms with Crippen LogP contribution < -0.4 is 16.6 Å². The van der Waals surface area contributed by atoms with E-state index in [0.717, 1.165) is 16.6 Å². The number of ether oxygens (including phenoxy) is 1. The minimum atomic E-state index is -0.833. The summed E-state index contributed by atoms with van der Waals surface area (Å²) in [6.45, 7) is 1.29. The number of hydrogen-bond donors (Lipinski definition) is 2. The highest BCUT2D eigenvalue weighted by Crippen LogP contribution is 2.21. The average molecular weight is 387 g/mol. The van der Waals surface area contributed by atoms with E-state index in [-0.39, 0.29) is 17.7 Å². The van der Waals surface area contributed by atoms with Crippen LogP contribution in [0.2, 0.25) is 0 Å². The van der Waals surface area contributed by atoms with E-state index in [1.165, 1.54) is 11.6 Å². The van der Waals surface area contributed by atoms with Crippen molar-refractivity contribution in [1.29, 1.82) is 0 Å². The van der Waals surface area contributed by atoms with Gasteiger partial charge in [0.15, 0.2) is 11.2 Å². The highest BCUT2D eigenvalue weighted by Gasteiger charge is 2.21. The molecule has 0 saturated heterocycles. The Bertz CT molecular complexity index is 1070. The van der Waals surface area contributed by atoms with Crippen molar-refractivity contribution in [2.24, 2.45) is 14.1 Å². The fourth-order valence-electron chi connectivity index (χ4n) is 3.13. The van der Waals surface area contributed by atoms with Crippen LogP contribution >= 0.6 is 0 Å². The molecule has 3 rings (SSSR count). The van der Waals surface area contributed by atoms with Crippen LogP contribution in [0.25, 0.3) is 11.2 Å². The number of rotatable bonds is 8. The first-order valence-electron chi connectivity index (χ1n) is 9.07. The van der Waals surface area contributed by atoms with Crippen molar-refractivity contribution < 1.29 is 9.84 Å². The van der Waals surface area contributed by atoms with Gasteiger partial charge in [0.25, 0.3) is 5.56 Å². The number of aliphatic hydroxyl groups excluding tert-OH is 1. The highest BCUT2D eigenvalue weighted by molar-refractivity contribution is 5.74. The Balaban J connectivity index is 2.08. The molecular weight excluding hydrogens is 362 g/mol. The molecule has 0 aliphatic rings. The van der Waals surface area contributed by atoms with Gasteiger partial charge in [0.05, 0.1) is 12.6 Å². The van der Waals surface area contributed by atoms with E-state index in [2.05, 4.69) is 10.3 Å². The summed E-state index contributed by atoms with van der Waals surface area (Å²) in [5.74, 6) is 0.430. The molecule has 0 aliphatic carbocycles. The lowest BCUT2D eigenvalue weighted by Crippen LogP contribution is -2.37. The van der Waals surface area contributed by atoms with Crippen molar-refractivity contribution in [2.45, 2.75) is 19.1 Å². The van der Waals surface area contributed by atoms with Crippen LogP contribution in [0, 0.1) is 0 Å². The Kier molecular flexibility index (Phi) is 5.96. The third-order valence-electron chi connectivity index (χ3n) is 4.70. The summed E-state index contributed by atoms with van der Waals surface area (Å²) in [7, 11) is 4.63. The summed E-state index contributed by atoms with van der Waals surface area (Å²) in [6, 6.07) is 9.21. The minimum absolute atomic E-state index is 0.126. The van der Waals surface area contributed by atoms with Crippen molar-refractivity contribution in [3.05, 3.63) is 56.7 Å². The van der Waals surface area contributed by atoms with E-state index in [1.54, 1.807) is 18.7 Å². The van der Waals surface area contributed by atoms with Gasteiger partial charge in [-0.25, -0.2) is 4.79 Å². The molecule has 1 aromatic carbocycles. The predicted molar refractivity (Wildman–Crippen MR) is 107 cm³/mol. The number of imidazole rings is 1. The topological polar surface area (TPSA) is 103 Å². The summed E-state index contributed by atoms with van der Waals surface area (Å²) in [4.78, 5) is 29.5. The number of aliphatic hydroxyl groups is 1. The molecule has 1 atom stereocenters. The molecular formula is C19H25N5O4. The Morgan fingerprint density at radius 3 is 2.57 bits per heavy atom. The molecule has 0 fully saturated rings. The maximum Gasteiger partial charge on any atom is 0.332 e. The summed E-state index contributed by atoms with van der Waals surface area (Å²) in [5, 5.41) is 13.9. The maximum absolute atomic E-state index is 12.8. The first-order valence-corrected chi connectivity index (χ1v) is 9.07. The molecule has 9 heteroatoms. The number of nitrogens with one attached hydrogen (secondary N) is 1. The van der Waals surface area contributed by atoms with Gasteiger partial charge >= 0.3 is 5.69 Å². The second-order valence-electron chi connectivity index (χ2n) is 6.62. The molecule has 0 radical (unpaired) electrons. The fourth-order valence-corrected chi connectivity index (χ4v) is 3.13. The zero-order valence-corrected chi connectivity index (χ0v) is 16.3. The van der Waals surface area contributed by atoms with E-state index in [9.17, 15) is 14.7 Å². The third kappa shape index (κ3) is 3.71. The minimum Gasteiger partial charge on any atom is -0.387 e. The van der Waals surface area contributed by atoms with Gasteiger partial charge in [-0.1, -0.05) is 30.3 Å². The Hall–Kier alpha value is -2.91. The van der Waals surface area contributed by atoms with Crippen LogP contribution in [0.4, 0.5) is 5.95 Å². The van der Waals surface area contributed by atoms with Gasteiger partial charge < -0.3 is 19.7 Å². The lowest BCUT2D eigenvalue weighted by molar-refractivity contribution is 0.158. The Morgan fingerprint density at radius 2 is 1.89 bits per heavy atom. The summed E-state index contributed by atoms with van der Waals surface area (Å²) < 4.78 is 9.08. The SMILES string of the molecule is COCCCNc1nc2c(c(=O)n(C)c(=O)n2C)n1C[C@@H](O)c1ccccc1. The maximum atomic E-state index is 12.8. The largest absolute Gasteiger partial charge is 0.387 e. The summed E-state index contributed by atoms with van der Waals surface area (Å²) >= 11 is 0. The first-order chi connectivity index (χ1) is 13.5. The monoisotopic (exact) mass is 387 g/mol. The molecule has 28 heavy (non-hydrogen) atoms. The lowest BCUT2D eigenvalue weighted by Gasteiger charge is -2.15. The van der Waals surface area contributed by atoms with Gasteiger partial charge in [-0.05, 0) is 12.0 Å². The van der Waals surface area contributed by atoms with E-state index in [0.29, 0.717) is 19.1 Å². The number of hydrogen-bond acceptors (Lipinski definition) is 6. The van der Waals surface area contributed by atoms with Crippen molar-refractivity contribution >= 4 is 17.1 Å². The van der Waals surface area contributed by atoms with Gasteiger partial charge in [-0.3, -0.25) is 13.9 Å². The van der Waals surface area contributed by atoms with E-state index >= 15 is 0 Å². The molecule has 9 nitrogen and oxygen atoms in total. The van der Waals surface area contributed by atoms with Crippen LogP contribution in [0.5, 0.6) is 0 Å². The lowest BCUT2D eigenvalue weighted by atomic mass is 10.1. The Morgan fingerprint density at radius 1 is 1.18 bits per heavy atom. The zero-order valence-electron chi connectivity index (χ0n) is 16.3. The molecule has 2 N–H and O–H groups in total. The zero-order chi connectivity index (χ0) is 20.3. The highest BCUT2D eigenvalue weighted by atomic mass is 16.5. The van der Waals surface area contributed by atoms with Crippen molar-refractivity contribution in [3.63, 3.8) is 0 Å². The normalized spacial score (nSPS) is 12.4. The number of benzene rings is 1. The van der Waals surface area contributed by atoms with Crippen LogP contribution in [-0.2, 0) is 25.4 Å². The predicted octanol–water partition coefficient (Wildman–Crippen LogP) is 0.616. The molecule has 3 aromatic rings. The number of nitrogens with zero attached hydrogens (tertiary/aromatic N) is 4. The quantitative estimate of drug-likeness (QED) is 0.549. The average Bonchev–Trinajstić information content (AvgIpc) is 3.07. The molecule has 0 amide bonds. The summed E-state index contributed by atoms with van der Waals surface area (Å²) in [6.07, 6.45) is -0.0854. The second-order valence-corrected chi connectivity index (χ2v) is 6.62. The van der Waals surface area contributed by atoms with Crippen LogP contribution in [0.15, 0.2) is 39.9 Å². The number of aromatic nitrogens is 4. The molecule has 0 spiro atoms. The molecule has 0 bridgehead atoms. The second kappa shape index (κ2) is 8.41. The third-order valence-corrected chi connectivity index (χ3v) is 4.70. The first kappa shape index (κ1) is 19.8. The Labute approximate surface area is 161 Å². The molecule has 0 aliphatic heterocycles. The number of methoxy groups -OCH3 is 1. The fraction of sp³-hybridized carbons (Fsp3) is 0.421. The van der Waals surface area contributed by atoms with Crippen LogP contribution in [0.3, 0.4) is 0 Å². The smallest absolute Gasteiger partial charge is 0.332 e. The van der Waals surface area contributed by atoms with E-state index < -0.39 is 17.4 Å². The van der Waals surface area contributed by atoms with Crippen molar-refractivity contribution in [2.75, 3.05) is 25.6 Å². The van der Waals surface area contributed by atoms with Gasteiger partial charge in [-0.15, -0.1) is 0 Å². The summed E-state index contributed by atoms with van der Waals surface area (Å²) in [5.41, 5.74) is 0.389. The van der Waals surface area contributed by atoms with E-state index in [1.807, 2.05) is 30.3 Å². The number of anilines is 1.